The zero-order valence-electron chi connectivity index (χ0n) is 19.7. The number of rotatable bonds is 10. The van der Waals surface area contributed by atoms with Crippen molar-refractivity contribution >= 4 is 38.7 Å². The van der Waals surface area contributed by atoms with Crippen LogP contribution in [0.25, 0.3) is 22.2 Å². The summed E-state index contributed by atoms with van der Waals surface area (Å²) in [5.74, 6) is 0.843. The second kappa shape index (κ2) is 9.85. The number of anilines is 2. The predicted octanol–water partition coefficient (Wildman–Crippen LogP) is 4.27. The normalized spacial score (nSPS) is 14.4. The van der Waals surface area contributed by atoms with Gasteiger partial charge in [0, 0.05) is 41.0 Å². The summed E-state index contributed by atoms with van der Waals surface area (Å²) < 4.78 is 37.4. The Hall–Kier alpha value is -3.76. The molecule has 9 nitrogen and oxygen atoms in total. The van der Waals surface area contributed by atoms with E-state index in [1.807, 2.05) is 30.3 Å². The third-order valence-corrected chi connectivity index (χ3v) is 6.67. The molecule has 10 heteroatoms. The first-order valence-corrected chi connectivity index (χ1v) is 12.8. The van der Waals surface area contributed by atoms with Gasteiger partial charge in [-0.3, -0.25) is 4.72 Å². The fourth-order valence-corrected chi connectivity index (χ4v) is 5.04. The van der Waals surface area contributed by atoms with E-state index in [4.69, 9.17) is 16.2 Å². The highest BCUT2D eigenvalue weighted by molar-refractivity contribution is 7.90. The van der Waals surface area contributed by atoms with Crippen LogP contribution in [0.2, 0.25) is 0 Å². The molecule has 0 atom stereocenters. The molecule has 35 heavy (non-hydrogen) atoms. The maximum Gasteiger partial charge on any atom is 0.299 e. The number of allylic oxidation sites excluding steroid dienone is 1. The van der Waals surface area contributed by atoms with E-state index >= 15 is 0 Å². The number of fused-ring (bicyclic) bond motifs is 1. The monoisotopic (exact) mass is 494 g/mol. The minimum Gasteiger partial charge on any atom is -0.440 e. The lowest BCUT2D eigenvalue weighted by Crippen LogP contribution is -2.35. The van der Waals surface area contributed by atoms with Crippen LogP contribution < -0.4 is 25.6 Å². The lowest BCUT2D eigenvalue weighted by molar-refractivity contribution is 0.425. The standard InChI is InChI=1S/C25H30N6O3S/c1-16(2)29-35(32,33)30-19-7-5-18(6-8-19)25-24(27)22-12-11-21(34-17(3)28-14-4-13-26)15-23(22)31(25)20-9-10-20/h4-8,11-16,20,29-30H,3,9-10,26-27H2,1-2H3/b13-4-,28-14-. The Morgan fingerprint density at radius 1 is 1.23 bits per heavy atom. The van der Waals surface area contributed by atoms with Crippen molar-refractivity contribution in [1.82, 2.24) is 9.29 Å². The molecule has 1 heterocycles. The fourth-order valence-electron chi connectivity index (χ4n) is 3.92. The lowest BCUT2D eigenvalue weighted by atomic mass is 10.1. The predicted molar refractivity (Wildman–Crippen MR) is 142 cm³/mol. The van der Waals surface area contributed by atoms with Gasteiger partial charge in [-0.05, 0) is 69.8 Å². The topological polar surface area (TPSA) is 137 Å². The summed E-state index contributed by atoms with van der Waals surface area (Å²) in [6.07, 6.45) is 6.58. The molecule has 1 saturated carbocycles. The van der Waals surface area contributed by atoms with Gasteiger partial charge < -0.3 is 20.8 Å². The van der Waals surface area contributed by atoms with E-state index in [0.29, 0.717) is 23.2 Å². The Labute approximate surface area is 205 Å². The lowest BCUT2D eigenvalue weighted by Gasteiger charge is -2.13. The fraction of sp³-hybridized carbons (Fsp3) is 0.240. The van der Waals surface area contributed by atoms with Crippen LogP contribution in [0.1, 0.15) is 32.7 Å². The van der Waals surface area contributed by atoms with Gasteiger partial charge in [0.1, 0.15) is 5.75 Å². The summed E-state index contributed by atoms with van der Waals surface area (Å²) in [6.45, 7) is 7.34. The third kappa shape index (κ3) is 5.67. The minimum atomic E-state index is -3.64. The number of nitrogens with one attached hydrogen (secondary N) is 2. The summed E-state index contributed by atoms with van der Waals surface area (Å²) in [5.41, 5.74) is 15.8. The Bertz CT molecular complexity index is 1400. The van der Waals surface area contributed by atoms with E-state index in [0.717, 1.165) is 35.0 Å². The molecule has 0 spiro atoms. The maximum atomic E-state index is 12.2. The van der Waals surface area contributed by atoms with Crippen molar-refractivity contribution in [3.05, 3.63) is 67.2 Å². The Balaban J connectivity index is 1.67. The number of nitrogen functional groups attached to an aromatic ring is 1. The van der Waals surface area contributed by atoms with Crippen LogP contribution in [0.15, 0.2) is 72.2 Å². The molecule has 1 aliphatic carbocycles. The zero-order valence-corrected chi connectivity index (χ0v) is 20.5. The largest absolute Gasteiger partial charge is 0.440 e. The number of hydrogen-bond acceptors (Lipinski definition) is 6. The van der Waals surface area contributed by atoms with Crippen molar-refractivity contribution < 1.29 is 13.2 Å². The Morgan fingerprint density at radius 3 is 2.57 bits per heavy atom. The van der Waals surface area contributed by atoms with Crippen LogP contribution >= 0.6 is 0 Å². The molecule has 1 fully saturated rings. The first-order chi connectivity index (χ1) is 16.7. The van der Waals surface area contributed by atoms with Crippen molar-refractivity contribution in [3.8, 4) is 17.0 Å². The van der Waals surface area contributed by atoms with E-state index in [-0.39, 0.29) is 11.9 Å². The molecule has 2 aromatic carbocycles. The van der Waals surface area contributed by atoms with E-state index in [1.54, 1.807) is 32.1 Å². The number of hydrogen-bond donors (Lipinski definition) is 4. The van der Waals surface area contributed by atoms with Gasteiger partial charge in [0.05, 0.1) is 16.9 Å². The van der Waals surface area contributed by atoms with Gasteiger partial charge in [0.15, 0.2) is 0 Å². The minimum absolute atomic E-state index is 0.207. The number of aromatic nitrogens is 1. The summed E-state index contributed by atoms with van der Waals surface area (Å²) >= 11 is 0. The van der Waals surface area contributed by atoms with Crippen LogP contribution in [0.4, 0.5) is 11.4 Å². The SMILES string of the molecule is C=C(/N=C\C=C/N)Oc1ccc2c(N)c(-c3ccc(NS(=O)(=O)NC(C)C)cc3)n(C3CC3)c2c1. The number of benzene rings is 2. The molecular formula is C25H30N6O3S. The molecule has 6 N–H and O–H groups in total. The summed E-state index contributed by atoms with van der Waals surface area (Å²) in [4.78, 5) is 4.09. The second-order valence-corrected chi connectivity index (χ2v) is 10.1. The first-order valence-electron chi connectivity index (χ1n) is 11.3. The number of nitrogens with zero attached hydrogens (tertiary/aromatic N) is 2. The highest BCUT2D eigenvalue weighted by Gasteiger charge is 2.30. The number of nitrogens with two attached hydrogens (primary N) is 2. The molecule has 0 amide bonds. The molecule has 0 aliphatic heterocycles. The summed E-state index contributed by atoms with van der Waals surface area (Å²) in [6, 6.07) is 13.0. The van der Waals surface area contributed by atoms with Crippen molar-refractivity contribution in [2.75, 3.05) is 10.5 Å². The van der Waals surface area contributed by atoms with Crippen LogP contribution in [0.3, 0.4) is 0 Å². The Kier molecular flexibility index (Phi) is 6.86. The van der Waals surface area contributed by atoms with Crippen LogP contribution in [0.5, 0.6) is 5.75 Å². The quantitative estimate of drug-likeness (QED) is 0.246. The highest BCUT2D eigenvalue weighted by Crippen LogP contribution is 2.46. The van der Waals surface area contributed by atoms with E-state index in [2.05, 4.69) is 25.6 Å². The Morgan fingerprint density at radius 2 is 1.94 bits per heavy atom. The zero-order chi connectivity index (χ0) is 25.2. The molecule has 0 radical (unpaired) electrons. The van der Waals surface area contributed by atoms with Gasteiger partial charge in [0.25, 0.3) is 10.2 Å². The van der Waals surface area contributed by atoms with Gasteiger partial charge in [-0.15, -0.1) is 0 Å². The van der Waals surface area contributed by atoms with Crippen LogP contribution in [0, 0.1) is 0 Å². The average molecular weight is 495 g/mol. The van der Waals surface area contributed by atoms with Crippen molar-refractivity contribution in [3.63, 3.8) is 0 Å². The van der Waals surface area contributed by atoms with Crippen molar-refractivity contribution in [2.24, 2.45) is 10.7 Å². The van der Waals surface area contributed by atoms with Gasteiger partial charge in [0.2, 0.25) is 5.88 Å². The van der Waals surface area contributed by atoms with E-state index < -0.39 is 10.2 Å². The number of ether oxygens (including phenoxy) is 1. The van der Waals surface area contributed by atoms with Gasteiger partial charge in [-0.1, -0.05) is 12.1 Å². The van der Waals surface area contributed by atoms with Gasteiger partial charge in [-0.2, -0.15) is 13.1 Å². The molecular weight excluding hydrogens is 464 g/mol. The summed E-state index contributed by atoms with van der Waals surface area (Å²) in [5, 5.41) is 0.922. The van der Waals surface area contributed by atoms with Crippen molar-refractivity contribution in [1.29, 1.82) is 0 Å². The average Bonchev–Trinajstić information content (AvgIpc) is 3.58. The molecule has 0 saturated heterocycles. The maximum absolute atomic E-state index is 12.2. The molecule has 4 rings (SSSR count). The summed E-state index contributed by atoms with van der Waals surface area (Å²) in [7, 11) is -3.64. The van der Waals surface area contributed by atoms with Crippen LogP contribution in [-0.4, -0.2) is 25.2 Å². The first kappa shape index (κ1) is 24.4. The third-order valence-electron chi connectivity index (χ3n) is 5.38. The van der Waals surface area contributed by atoms with Gasteiger partial charge in [-0.25, -0.2) is 4.99 Å². The molecule has 0 bridgehead atoms. The molecule has 184 valence electrons. The van der Waals surface area contributed by atoms with Crippen LogP contribution in [-0.2, 0) is 10.2 Å². The molecule has 3 aromatic rings. The number of aliphatic imine (C=N–C) groups is 1. The highest BCUT2D eigenvalue weighted by atomic mass is 32.2. The van der Waals surface area contributed by atoms with E-state index in [9.17, 15) is 8.42 Å². The smallest absolute Gasteiger partial charge is 0.299 e. The molecule has 0 unspecified atom stereocenters. The second-order valence-electron chi connectivity index (χ2n) is 8.66. The van der Waals surface area contributed by atoms with E-state index in [1.165, 1.54) is 12.4 Å². The van der Waals surface area contributed by atoms with Gasteiger partial charge >= 0.3 is 0 Å². The molecule has 1 aromatic heterocycles. The van der Waals surface area contributed by atoms with Crippen molar-refractivity contribution in [2.45, 2.75) is 38.8 Å². The molecule has 1 aliphatic rings.